The molecule has 1 saturated carbocycles. The highest BCUT2D eigenvalue weighted by atomic mass is 16.3. The van der Waals surface area contributed by atoms with Gasteiger partial charge in [-0.25, -0.2) is 4.98 Å². The maximum atomic E-state index is 9.61. The van der Waals surface area contributed by atoms with E-state index in [2.05, 4.69) is 27.3 Å². The molecular weight excluding hydrogens is 392 g/mol. The van der Waals surface area contributed by atoms with Crippen molar-refractivity contribution < 1.29 is 5.11 Å². The number of aromatic amines is 1. The maximum absolute atomic E-state index is 9.61. The second kappa shape index (κ2) is 7.31. The molecule has 0 saturated heterocycles. The fourth-order valence-corrected chi connectivity index (χ4v) is 4.29. The number of fused-ring (bicyclic) bond motifs is 1. The number of nitrogens with one attached hydrogen (secondary N) is 1. The summed E-state index contributed by atoms with van der Waals surface area (Å²) in [5, 5.41) is 40.5. The molecule has 0 spiro atoms. The van der Waals surface area contributed by atoms with Gasteiger partial charge in [0.25, 0.3) is 0 Å². The molecule has 1 aliphatic rings. The third kappa shape index (κ3) is 3.03. The summed E-state index contributed by atoms with van der Waals surface area (Å²) in [6.45, 7) is -0.183. The highest BCUT2D eigenvalue weighted by molar-refractivity contribution is 5.93. The van der Waals surface area contributed by atoms with E-state index in [0.717, 1.165) is 10.9 Å². The third-order valence-electron chi connectivity index (χ3n) is 5.91. The predicted molar refractivity (Wildman–Crippen MR) is 111 cm³/mol. The lowest BCUT2D eigenvalue weighted by molar-refractivity contribution is 0.0884. The number of aromatic nitrogens is 6. The van der Waals surface area contributed by atoms with Gasteiger partial charge >= 0.3 is 0 Å². The van der Waals surface area contributed by atoms with Gasteiger partial charge in [0.2, 0.25) is 0 Å². The zero-order valence-electron chi connectivity index (χ0n) is 16.5. The Labute approximate surface area is 177 Å². The first-order chi connectivity index (χ1) is 15.2. The van der Waals surface area contributed by atoms with E-state index in [9.17, 15) is 15.6 Å². The number of aliphatic hydroxyl groups excluding tert-OH is 1. The number of nitriles is 2. The van der Waals surface area contributed by atoms with E-state index in [1.54, 1.807) is 12.4 Å². The second-order valence-electron chi connectivity index (χ2n) is 7.79. The van der Waals surface area contributed by atoms with E-state index in [-0.39, 0.29) is 12.5 Å². The van der Waals surface area contributed by atoms with Crippen LogP contribution in [0, 0.1) is 28.6 Å². The topological polar surface area (TPSA) is 140 Å². The number of aliphatic hydroxyl groups is 1. The fourth-order valence-electron chi connectivity index (χ4n) is 4.29. The SMILES string of the molecule is N#CC[C@]1(n2ccc(-c3nc(-c4cn[nH]c4CO)cc4ncccc34)n2)C[C@H](C#N)C1. The van der Waals surface area contributed by atoms with Crippen molar-refractivity contribution in [2.45, 2.75) is 31.4 Å². The van der Waals surface area contributed by atoms with Crippen molar-refractivity contribution in [2.75, 3.05) is 0 Å². The van der Waals surface area contributed by atoms with Crippen LogP contribution in [-0.2, 0) is 12.1 Å². The van der Waals surface area contributed by atoms with Crippen molar-refractivity contribution in [1.82, 2.24) is 29.9 Å². The Balaban J connectivity index is 1.63. The van der Waals surface area contributed by atoms with Crippen LogP contribution in [0.5, 0.6) is 0 Å². The van der Waals surface area contributed by atoms with E-state index >= 15 is 0 Å². The van der Waals surface area contributed by atoms with Crippen LogP contribution in [0.3, 0.4) is 0 Å². The molecule has 31 heavy (non-hydrogen) atoms. The van der Waals surface area contributed by atoms with Crippen molar-refractivity contribution in [1.29, 1.82) is 10.5 Å². The highest BCUT2D eigenvalue weighted by Gasteiger charge is 2.46. The largest absolute Gasteiger partial charge is 0.390 e. The number of hydrogen-bond donors (Lipinski definition) is 2. The molecule has 4 heterocycles. The van der Waals surface area contributed by atoms with Crippen LogP contribution in [0.2, 0.25) is 0 Å². The number of rotatable bonds is 5. The van der Waals surface area contributed by atoms with Gasteiger partial charge in [-0.2, -0.15) is 20.7 Å². The van der Waals surface area contributed by atoms with Crippen LogP contribution in [-0.4, -0.2) is 35.1 Å². The molecule has 152 valence electrons. The van der Waals surface area contributed by atoms with Crippen LogP contribution < -0.4 is 0 Å². The van der Waals surface area contributed by atoms with Gasteiger partial charge in [0.15, 0.2) is 0 Å². The Hall–Kier alpha value is -4.08. The first-order valence-corrected chi connectivity index (χ1v) is 9.90. The Bertz CT molecular complexity index is 1350. The molecule has 5 rings (SSSR count). The molecule has 4 aromatic rings. The van der Waals surface area contributed by atoms with Crippen LogP contribution in [0.1, 0.15) is 25.0 Å². The molecule has 9 nitrogen and oxygen atoms in total. The van der Waals surface area contributed by atoms with Gasteiger partial charge in [0, 0.05) is 23.3 Å². The Morgan fingerprint density at radius 3 is 2.90 bits per heavy atom. The first-order valence-electron chi connectivity index (χ1n) is 9.90. The molecular formula is C22H18N8O. The minimum atomic E-state index is -0.451. The summed E-state index contributed by atoms with van der Waals surface area (Å²) in [7, 11) is 0. The Morgan fingerprint density at radius 2 is 2.13 bits per heavy atom. The van der Waals surface area contributed by atoms with Crippen LogP contribution in [0.25, 0.3) is 33.5 Å². The van der Waals surface area contributed by atoms with E-state index in [4.69, 9.17) is 10.1 Å². The molecule has 0 unspecified atom stereocenters. The molecule has 9 heteroatoms. The number of pyridine rings is 2. The van der Waals surface area contributed by atoms with E-state index < -0.39 is 5.54 Å². The van der Waals surface area contributed by atoms with Gasteiger partial charge in [-0.05, 0) is 37.1 Å². The summed E-state index contributed by atoms with van der Waals surface area (Å²) in [6.07, 6.45) is 6.73. The molecule has 0 bridgehead atoms. The van der Waals surface area contributed by atoms with Crippen molar-refractivity contribution in [2.24, 2.45) is 5.92 Å². The number of nitrogens with zero attached hydrogens (tertiary/aromatic N) is 7. The highest BCUT2D eigenvalue weighted by Crippen LogP contribution is 2.46. The minimum Gasteiger partial charge on any atom is -0.390 e. The Morgan fingerprint density at radius 1 is 1.26 bits per heavy atom. The van der Waals surface area contributed by atoms with Gasteiger partial charge in [0.05, 0.1) is 59.7 Å². The molecule has 0 radical (unpaired) electrons. The number of hydrogen-bond acceptors (Lipinski definition) is 7. The second-order valence-corrected chi connectivity index (χ2v) is 7.79. The summed E-state index contributed by atoms with van der Waals surface area (Å²) in [5.41, 5.74) is 3.53. The average Bonchev–Trinajstić information content (AvgIpc) is 3.45. The van der Waals surface area contributed by atoms with Crippen LogP contribution in [0.15, 0.2) is 42.9 Å². The lowest BCUT2D eigenvalue weighted by atomic mass is 9.67. The standard InChI is InChI=1S/C22H18N8O/c23-5-4-22(9-14(10-22)11-24)30-7-3-17(29-30)21-15-2-1-6-25-18(15)8-19(27-21)16-12-26-28-20(16)13-31/h1-3,6-8,12,14,31H,4,9-10,13H2,(H,26,28)/t14-,22-. The monoisotopic (exact) mass is 410 g/mol. The van der Waals surface area contributed by atoms with Crippen molar-refractivity contribution in [3.05, 3.63) is 48.5 Å². The Kier molecular flexibility index (Phi) is 4.46. The van der Waals surface area contributed by atoms with Crippen molar-refractivity contribution >= 4 is 10.9 Å². The summed E-state index contributed by atoms with van der Waals surface area (Å²) in [5.74, 6) is -0.0505. The molecule has 1 aliphatic carbocycles. The van der Waals surface area contributed by atoms with Crippen molar-refractivity contribution in [3.63, 3.8) is 0 Å². The summed E-state index contributed by atoms with van der Waals surface area (Å²) in [4.78, 5) is 9.31. The first kappa shape index (κ1) is 18.9. The third-order valence-corrected chi connectivity index (χ3v) is 5.91. The molecule has 0 aromatic carbocycles. The fraction of sp³-hybridized carbons (Fsp3) is 0.273. The maximum Gasteiger partial charge on any atom is 0.111 e. The van der Waals surface area contributed by atoms with E-state index in [1.165, 1.54) is 0 Å². The van der Waals surface area contributed by atoms with Crippen LogP contribution in [0.4, 0.5) is 0 Å². The molecule has 2 N–H and O–H groups in total. The van der Waals surface area contributed by atoms with Gasteiger partial charge in [-0.3, -0.25) is 14.8 Å². The normalized spacial score (nSPS) is 20.2. The lowest BCUT2D eigenvalue weighted by Gasteiger charge is -2.43. The van der Waals surface area contributed by atoms with Gasteiger partial charge in [0.1, 0.15) is 11.4 Å². The molecule has 0 amide bonds. The van der Waals surface area contributed by atoms with Crippen LogP contribution >= 0.6 is 0 Å². The summed E-state index contributed by atoms with van der Waals surface area (Å²) in [6, 6.07) is 12.0. The zero-order valence-corrected chi connectivity index (χ0v) is 16.5. The quantitative estimate of drug-likeness (QED) is 0.515. The van der Waals surface area contributed by atoms with Gasteiger partial charge in [-0.15, -0.1) is 0 Å². The van der Waals surface area contributed by atoms with Gasteiger partial charge in [-0.1, -0.05) is 0 Å². The molecule has 0 atom stereocenters. The molecule has 4 aromatic heterocycles. The summed E-state index contributed by atoms with van der Waals surface area (Å²) >= 11 is 0. The molecule has 0 aliphatic heterocycles. The van der Waals surface area contributed by atoms with Gasteiger partial charge < -0.3 is 5.11 Å². The van der Waals surface area contributed by atoms with Crippen molar-refractivity contribution in [3.8, 4) is 34.8 Å². The smallest absolute Gasteiger partial charge is 0.111 e. The van der Waals surface area contributed by atoms with E-state index in [1.807, 2.05) is 35.1 Å². The van der Waals surface area contributed by atoms with E-state index in [0.29, 0.717) is 47.6 Å². The average molecular weight is 410 g/mol. The zero-order chi connectivity index (χ0) is 21.4. The number of H-pyrrole nitrogens is 1. The minimum absolute atomic E-state index is 0.0505. The summed E-state index contributed by atoms with van der Waals surface area (Å²) < 4.78 is 1.81. The predicted octanol–water partition coefficient (Wildman–Crippen LogP) is 2.92. The molecule has 1 fully saturated rings. The lowest BCUT2D eigenvalue weighted by Crippen LogP contribution is -2.46.